The Morgan fingerprint density at radius 3 is 2.84 bits per heavy atom. The van der Waals surface area contributed by atoms with Crippen LogP contribution in [0.4, 0.5) is 4.79 Å². The van der Waals surface area contributed by atoms with Gasteiger partial charge in [-0.15, -0.1) is 0 Å². The van der Waals surface area contributed by atoms with Crippen LogP contribution in [0.15, 0.2) is 18.2 Å². The summed E-state index contributed by atoms with van der Waals surface area (Å²) in [5.41, 5.74) is 0.144. The molecule has 0 aromatic heterocycles. The first-order valence-electron chi connectivity index (χ1n) is 5.77. The zero-order valence-electron chi connectivity index (χ0n) is 10.6. The molecular weight excluding hydrogens is 270 g/mol. The highest BCUT2D eigenvalue weighted by molar-refractivity contribution is 6.32. The molecular formula is C13H14ClNO4. The molecule has 5 nitrogen and oxygen atoms in total. The van der Waals surface area contributed by atoms with E-state index in [1.807, 2.05) is 0 Å². The van der Waals surface area contributed by atoms with Crippen molar-refractivity contribution >= 4 is 24.0 Å². The molecule has 1 N–H and O–H groups in total. The lowest BCUT2D eigenvalue weighted by molar-refractivity contribution is -0.0420. The van der Waals surface area contributed by atoms with Crippen LogP contribution < -0.4 is 0 Å². The van der Waals surface area contributed by atoms with Gasteiger partial charge >= 0.3 is 6.09 Å². The fourth-order valence-corrected chi connectivity index (χ4v) is 2.43. The SMILES string of the molecule is CC1(C)OCC(c2ccc(Cl)c(C=O)c2)N1C(=O)O. The molecule has 1 fully saturated rings. The van der Waals surface area contributed by atoms with Crippen LogP contribution >= 0.6 is 11.6 Å². The zero-order chi connectivity index (χ0) is 14.2. The minimum atomic E-state index is -1.06. The Balaban J connectivity index is 2.41. The van der Waals surface area contributed by atoms with E-state index in [9.17, 15) is 14.7 Å². The van der Waals surface area contributed by atoms with Gasteiger partial charge in [0.25, 0.3) is 0 Å². The number of ether oxygens (including phenoxy) is 1. The third-order valence-electron chi connectivity index (χ3n) is 3.22. The molecule has 1 aliphatic rings. The number of hydrogen-bond donors (Lipinski definition) is 1. The highest BCUT2D eigenvalue weighted by Gasteiger charge is 2.44. The van der Waals surface area contributed by atoms with Gasteiger partial charge in [-0.05, 0) is 31.5 Å². The molecule has 0 radical (unpaired) electrons. The fraction of sp³-hybridized carbons (Fsp3) is 0.385. The smallest absolute Gasteiger partial charge is 0.410 e. The molecule has 1 aromatic rings. The van der Waals surface area contributed by atoms with Crippen molar-refractivity contribution in [3.8, 4) is 0 Å². The molecule has 1 atom stereocenters. The summed E-state index contributed by atoms with van der Waals surface area (Å²) in [6, 6.07) is 4.45. The van der Waals surface area contributed by atoms with Gasteiger partial charge in [0.2, 0.25) is 0 Å². The standard InChI is InChI=1S/C13H14ClNO4/c1-13(2)15(12(17)18)11(7-19-13)8-3-4-10(14)9(5-8)6-16/h3-6,11H,7H2,1-2H3,(H,17,18). The predicted molar refractivity (Wildman–Crippen MR) is 69.5 cm³/mol. The summed E-state index contributed by atoms with van der Waals surface area (Å²) in [4.78, 5) is 23.5. The van der Waals surface area contributed by atoms with Crippen molar-refractivity contribution in [3.05, 3.63) is 34.3 Å². The van der Waals surface area contributed by atoms with Crippen molar-refractivity contribution in [2.24, 2.45) is 0 Å². The van der Waals surface area contributed by atoms with Gasteiger partial charge in [0.1, 0.15) is 5.72 Å². The maximum atomic E-state index is 11.4. The maximum Gasteiger partial charge on any atom is 0.410 e. The molecule has 1 saturated heterocycles. The fourth-order valence-electron chi connectivity index (χ4n) is 2.27. The van der Waals surface area contributed by atoms with Crippen molar-refractivity contribution in [2.45, 2.75) is 25.6 Å². The Hall–Kier alpha value is -1.59. The average Bonchev–Trinajstić information content (AvgIpc) is 2.65. The Morgan fingerprint density at radius 1 is 1.58 bits per heavy atom. The van der Waals surface area contributed by atoms with Crippen molar-refractivity contribution in [3.63, 3.8) is 0 Å². The summed E-state index contributed by atoms with van der Waals surface area (Å²) in [6.45, 7) is 3.63. The van der Waals surface area contributed by atoms with Crippen LogP contribution in [0.2, 0.25) is 5.02 Å². The molecule has 1 aliphatic heterocycles. The molecule has 6 heteroatoms. The molecule has 1 heterocycles. The lowest BCUT2D eigenvalue weighted by atomic mass is 10.0. The molecule has 2 rings (SSSR count). The van der Waals surface area contributed by atoms with E-state index in [0.29, 0.717) is 22.4 Å². The Morgan fingerprint density at radius 2 is 2.26 bits per heavy atom. The normalized spacial score (nSPS) is 21.4. The first kappa shape index (κ1) is 13.8. The topological polar surface area (TPSA) is 66.8 Å². The second kappa shape index (κ2) is 4.83. The van der Waals surface area contributed by atoms with Crippen LogP contribution in [0.5, 0.6) is 0 Å². The second-order valence-corrected chi connectivity index (χ2v) is 5.23. The summed E-state index contributed by atoms with van der Waals surface area (Å²) in [7, 11) is 0. The number of nitrogens with zero attached hydrogens (tertiary/aromatic N) is 1. The van der Waals surface area contributed by atoms with Crippen LogP contribution in [0.25, 0.3) is 0 Å². The maximum absolute atomic E-state index is 11.4. The summed E-state index contributed by atoms with van der Waals surface area (Å²) in [6.07, 6.45) is -0.409. The van der Waals surface area contributed by atoms with Crippen LogP contribution in [0.3, 0.4) is 0 Å². The average molecular weight is 284 g/mol. The van der Waals surface area contributed by atoms with Crippen LogP contribution in [0, 0.1) is 0 Å². The largest absolute Gasteiger partial charge is 0.465 e. The van der Waals surface area contributed by atoms with E-state index in [4.69, 9.17) is 16.3 Å². The molecule has 1 amide bonds. The number of amides is 1. The van der Waals surface area contributed by atoms with Crippen molar-refractivity contribution in [1.29, 1.82) is 0 Å². The number of rotatable bonds is 2. The van der Waals surface area contributed by atoms with E-state index in [0.717, 1.165) is 0 Å². The summed E-state index contributed by atoms with van der Waals surface area (Å²) >= 11 is 5.87. The second-order valence-electron chi connectivity index (χ2n) is 4.82. The van der Waals surface area contributed by atoms with Gasteiger partial charge < -0.3 is 9.84 Å². The monoisotopic (exact) mass is 283 g/mol. The minimum Gasteiger partial charge on any atom is -0.465 e. The number of carbonyl (C=O) groups excluding carboxylic acids is 1. The first-order chi connectivity index (χ1) is 8.86. The van der Waals surface area contributed by atoms with Crippen molar-refractivity contribution in [1.82, 2.24) is 4.90 Å². The van der Waals surface area contributed by atoms with E-state index in [2.05, 4.69) is 0 Å². The van der Waals surface area contributed by atoms with E-state index >= 15 is 0 Å². The quantitative estimate of drug-likeness (QED) is 0.848. The summed E-state index contributed by atoms with van der Waals surface area (Å²) < 4.78 is 5.51. The molecule has 0 bridgehead atoms. The van der Waals surface area contributed by atoms with E-state index in [1.54, 1.807) is 32.0 Å². The Bertz CT molecular complexity index is 529. The van der Waals surface area contributed by atoms with Crippen LogP contribution in [0.1, 0.15) is 35.8 Å². The van der Waals surface area contributed by atoms with Crippen molar-refractivity contribution in [2.75, 3.05) is 6.61 Å². The lowest BCUT2D eigenvalue weighted by Crippen LogP contribution is -2.44. The van der Waals surface area contributed by atoms with Gasteiger partial charge in [-0.3, -0.25) is 9.69 Å². The number of carbonyl (C=O) groups is 2. The molecule has 0 aliphatic carbocycles. The number of halogens is 1. The Labute approximate surface area is 115 Å². The number of aldehydes is 1. The van der Waals surface area contributed by atoms with Crippen LogP contribution in [-0.4, -0.2) is 34.7 Å². The molecule has 1 unspecified atom stereocenters. The van der Waals surface area contributed by atoms with Gasteiger partial charge in [-0.25, -0.2) is 4.79 Å². The number of hydrogen-bond acceptors (Lipinski definition) is 3. The lowest BCUT2D eigenvalue weighted by Gasteiger charge is -2.31. The van der Waals surface area contributed by atoms with E-state index in [1.165, 1.54) is 4.90 Å². The molecule has 0 spiro atoms. The Kier molecular flexibility index (Phi) is 3.52. The van der Waals surface area contributed by atoms with Crippen molar-refractivity contribution < 1.29 is 19.4 Å². The van der Waals surface area contributed by atoms with Crippen LogP contribution in [-0.2, 0) is 4.74 Å². The highest BCUT2D eigenvalue weighted by atomic mass is 35.5. The predicted octanol–water partition coefficient (Wildman–Crippen LogP) is 2.94. The molecule has 102 valence electrons. The first-order valence-corrected chi connectivity index (χ1v) is 6.15. The summed E-state index contributed by atoms with van der Waals surface area (Å²) in [5, 5.41) is 9.66. The van der Waals surface area contributed by atoms with Gasteiger partial charge in [-0.2, -0.15) is 0 Å². The van der Waals surface area contributed by atoms with E-state index in [-0.39, 0.29) is 6.61 Å². The summed E-state index contributed by atoms with van der Waals surface area (Å²) in [5.74, 6) is 0. The molecule has 1 aromatic carbocycles. The van der Waals surface area contributed by atoms with Gasteiger partial charge in [0.15, 0.2) is 6.29 Å². The zero-order valence-corrected chi connectivity index (χ0v) is 11.3. The third-order valence-corrected chi connectivity index (χ3v) is 3.57. The minimum absolute atomic E-state index is 0.249. The molecule has 0 saturated carbocycles. The van der Waals surface area contributed by atoms with E-state index < -0.39 is 17.9 Å². The van der Waals surface area contributed by atoms with Gasteiger partial charge in [-0.1, -0.05) is 17.7 Å². The van der Waals surface area contributed by atoms with Gasteiger partial charge in [0.05, 0.1) is 17.7 Å². The number of carboxylic acid groups (broad SMARTS) is 1. The molecule has 19 heavy (non-hydrogen) atoms. The number of benzene rings is 1. The highest BCUT2D eigenvalue weighted by Crippen LogP contribution is 2.37. The third kappa shape index (κ3) is 2.43. The van der Waals surface area contributed by atoms with Gasteiger partial charge in [0, 0.05) is 5.56 Å².